The number of thiocarbonyl (C=S) groups is 1. The minimum Gasteiger partial charge on any atom is -0.393 e. The molecular weight excluding hydrogens is 268 g/mol. The Kier molecular flexibility index (Phi) is 3.35. The molecule has 112 valence electrons. The number of rotatable bonds is 4. The fourth-order valence-electron chi connectivity index (χ4n) is 5.72. The number of carbonyl (C=O) groups excluding carboxylic acids is 1. The first-order valence-corrected chi connectivity index (χ1v) is 8.30. The summed E-state index contributed by atoms with van der Waals surface area (Å²) < 4.78 is 0. The summed E-state index contributed by atoms with van der Waals surface area (Å²) in [5, 5.41) is 3.18. The molecule has 1 amide bonds. The molecule has 0 aromatic rings. The van der Waals surface area contributed by atoms with Crippen LogP contribution in [0.1, 0.15) is 58.8 Å². The number of amides is 1. The van der Waals surface area contributed by atoms with Gasteiger partial charge in [-0.2, -0.15) is 0 Å². The maximum absolute atomic E-state index is 12.8. The monoisotopic (exact) mass is 294 g/mol. The Hall–Kier alpha value is -0.640. The number of hydrogen-bond donors (Lipinski definition) is 2. The second-order valence-electron chi connectivity index (χ2n) is 8.10. The summed E-state index contributed by atoms with van der Waals surface area (Å²) in [6, 6.07) is 0.0563. The van der Waals surface area contributed by atoms with E-state index in [9.17, 15) is 4.79 Å². The van der Waals surface area contributed by atoms with Crippen molar-refractivity contribution >= 4 is 23.1 Å². The SMILES string of the molecule is CC(CC(N)=S)NC(=O)C12CC3CC(CC(C)(C3)C1)C2. The second-order valence-corrected chi connectivity index (χ2v) is 8.62. The predicted molar refractivity (Wildman–Crippen MR) is 84.2 cm³/mol. The second kappa shape index (κ2) is 4.69. The fourth-order valence-corrected chi connectivity index (χ4v) is 5.97. The molecule has 4 fully saturated rings. The molecule has 3 nitrogen and oxygen atoms in total. The van der Waals surface area contributed by atoms with Crippen molar-refractivity contribution in [3.8, 4) is 0 Å². The van der Waals surface area contributed by atoms with Gasteiger partial charge in [0.25, 0.3) is 0 Å². The minimum absolute atomic E-state index is 0.0563. The molecule has 3 N–H and O–H groups in total. The van der Waals surface area contributed by atoms with Gasteiger partial charge in [0.15, 0.2) is 0 Å². The molecular formula is C16H26N2OS. The lowest BCUT2D eigenvalue weighted by molar-refractivity contribution is -0.155. The van der Waals surface area contributed by atoms with E-state index in [1.165, 1.54) is 19.3 Å². The molecule has 4 aliphatic carbocycles. The third-order valence-corrected chi connectivity index (χ3v) is 5.89. The Balaban J connectivity index is 1.72. The molecule has 3 atom stereocenters. The van der Waals surface area contributed by atoms with E-state index in [2.05, 4.69) is 12.2 Å². The molecule has 0 radical (unpaired) electrons. The maximum Gasteiger partial charge on any atom is 0.226 e. The van der Waals surface area contributed by atoms with Crippen molar-refractivity contribution in [2.24, 2.45) is 28.4 Å². The van der Waals surface area contributed by atoms with Crippen molar-refractivity contribution in [2.75, 3.05) is 0 Å². The third kappa shape index (κ3) is 2.47. The van der Waals surface area contributed by atoms with Crippen LogP contribution < -0.4 is 11.1 Å². The quantitative estimate of drug-likeness (QED) is 0.784. The average molecular weight is 294 g/mol. The minimum atomic E-state index is -0.0939. The summed E-state index contributed by atoms with van der Waals surface area (Å²) in [6.45, 7) is 4.39. The molecule has 0 heterocycles. The first-order valence-electron chi connectivity index (χ1n) is 7.90. The fraction of sp³-hybridized carbons (Fsp3) is 0.875. The van der Waals surface area contributed by atoms with E-state index in [-0.39, 0.29) is 17.4 Å². The Morgan fingerprint density at radius 3 is 2.45 bits per heavy atom. The molecule has 0 aromatic carbocycles. The van der Waals surface area contributed by atoms with Crippen LogP contribution in [0.5, 0.6) is 0 Å². The largest absolute Gasteiger partial charge is 0.393 e. The maximum atomic E-state index is 12.8. The lowest BCUT2D eigenvalue weighted by atomic mass is 9.44. The molecule has 4 aliphatic rings. The number of nitrogens with two attached hydrogens (primary N) is 1. The third-order valence-electron chi connectivity index (χ3n) is 5.72. The molecule has 4 bridgehead atoms. The zero-order valence-electron chi connectivity index (χ0n) is 12.6. The van der Waals surface area contributed by atoms with Crippen LogP contribution in [0, 0.1) is 22.7 Å². The lowest BCUT2D eigenvalue weighted by Crippen LogP contribution is -2.57. The van der Waals surface area contributed by atoms with Crippen LogP contribution in [-0.4, -0.2) is 16.9 Å². The average Bonchev–Trinajstić information content (AvgIpc) is 2.23. The summed E-state index contributed by atoms with van der Waals surface area (Å²) in [5.74, 6) is 1.82. The van der Waals surface area contributed by atoms with Crippen molar-refractivity contribution in [1.82, 2.24) is 5.32 Å². The van der Waals surface area contributed by atoms with E-state index in [1.54, 1.807) is 0 Å². The summed E-state index contributed by atoms with van der Waals surface area (Å²) in [6.07, 6.45) is 7.91. The van der Waals surface area contributed by atoms with Gasteiger partial charge < -0.3 is 11.1 Å². The van der Waals surface area contributed by atoms with E-state index in [4.69, 9.17) is 18.0 Å². The number of hydrogen-bond acceptors (Lipinski definition) is 2. The highest BCUT2D eigenvalue weighted by atomic mass is 32.1. The summed E-state index contributed by atoms with van der Waals surface area (Å²) in [5.41, 5.74) is 5.89. The zero-order chi connectivity index (χ0) is 14.5. The van der Waals surface area contributed by atoms with E-state index in [0.717, 1.165) is 31.1 Å². The predicted octanol–water partition coefficient (Wildman–Crippen LogP) is 2.77. The van der Waals surface area contributed by atoms with E-state index in [0.29, 0.717) is 16.8 Å². The van der Waals surface area contributed by atoms with Crippen molar-refractivity contribution in [1.29, 1.82) is 0 Å². The van der Waals surface area contributed by atoms with Gasteiger partial charge in [0.2, 0.25) is 5.91 Å². The van der Waals surface area contributed by atoms with Crippen LogP contribution in [0.15, 0.2) is 0 Å². The van der Waals surface area contributed by atoms with Crippen LogP contribution >= 0.6 is 12.2 Å². The molecule has 20 heavy (non-hydrogen) atoms. The highest BCUT2D eigenvalue weighted by Gasteiger charge is 2.58. The van der Waals surface area contributed by atoms with Crippen molar-refractivity contribution in [2.45, 2.75) is 64.8 Å². The topological polar surface area (TPSA) is 55.1 Å². The number of carbonyl (C=O) groups is 1. The molecule has 0 spiro atoms. The molecule has 0 aromatic heterocycles. The van der Waals surface area contributed by atoms with Gasteiger partial charge in [-0.1, -0.05) is 19.1 Å². The highest BCUT2D eigenvalue weighted by molar-refractivity contribution is 7.80. The van der Waals surface area contributed by atoms with Crippen LogP contribution in [0.25, 0.3) is 0 Å². The molecule has 4 saturated carbocycles. The number of nitrogens with one attached hydrogen (secondary N) is 1. The summed E-state index contributed by atoms with van der Waals surface area (Å²) in [4.78, 5) is 13.3. The van der Waals surface area contributed by atoms with E-state index < -0.39 is 0 Å². The van der Waals surface area contributed by atoms with Gasteiger partial charge in [-0.3, -0.25) is 4.79 Å². The van der Waals surface area contributed by atoms with Crippen LogP contribution in [0.4, 0.5) is 0 Å². The van der Waals surface area contributed by atoms with Gasteiger partial charge in [-0.25, -0.2) is 0 Å². The van der Waals surface area contributed by atoms with Crippen molar-refractivity contribution < 1.29 is 4.79 Å². The first kappa shape index (κ1) is 14.3. The molecule has 4 heteroatoms. The van der Waals surface area contributed by atoms with Crippen LogP contribution in [0.3, 0.4) is 0 Å². The smallest absolute Gasteiger partial charge is 0.226 e. The first-order chi connectivity index (χ1) is 9.30. The Morgan fingerprint density at radius 2 is 1.95 bits per heavy atom. The Morgan fingerprint density at radius 1 is 1.35 bits per heavy atom. The van der Waals surface area contributed by atoms with Crippen molar-refractivity contribution in [3.63, 3.8) is 0 Å². The Bertz CT molecular complexity index is 434. The van der Waals surface area contributed by atoms with Gasteiger partial charge in [-0.05, 0) is 62.7 Å². The molecule has 0 aliphatic heterocycles. The summed E-state index contributed by atoms with van der Waals surface area (Å²) >= 11 is 4.94. The normalized spacial score (nSPS) is 43.3. The Labute approximate surface area is 127 Å². The van der Waals surface area contributed by atoms with Crippen LogP contribution in [0.2, 0.25) is 0 Å². The van der Waals surface area contributed by atoms with Gasteiger partial charge >= 0.3 is 0 Å². The molecule has 3 unspecified atom stereocenters. The van der Waals surface area contributed by atoms with E-state index >= 15 is 0 Å². The van der Waals surface area contributed by atoms with Gasteiger partial charge in [0, 0.05) is 12.5 Å². The van der Waals surface area contributed by atoms with Crippen LogP contribution in [-0.2, 0) is 4.79 Å². The van der Waals surface area contributed by atoms with E-state index in [1.807, 2.05) is 6.92 Å². The van der Waals surface area contributed by atoms with Gasteiger partial charge in [0.05, 0.1) is 10.4 Å². The lowest BCUT2D eigenvalue weighted by Gasteiger charge is -2.60. The van der Waals surface area contributed by atoms with Gasteiger partial charge in [-0.15, -0.1) is 0 Å². The summed E-state index contributed by atoms with van der Waals surface area (Å²) in [7, 11) is 0. The molecule has 0 saturated heterocycles. The zero-order valence-corrected chi connectivity index (χ0v) is 13.4. The standard InChI is InChI=1S/C16H26N2OS/c1-10(3-13(17)20)18-14(19)16-7-11-4-12(8-16)6-15(2,5-11)9-16/h10-12H,3-9H2,1-2H3,(H2,17,20)(H,18,19). The highest BCUT2D eigenvalue weighted by Crippen LogP contribution is 2.65. The van der Waals surface area contributed by atoms with Gasteiger partial charge in [0.1, 0.15) is 0 Å². The molecule has 4 rings (SSSR count). The van der Waals surface area contributed by atoms with Crippen molar-refractivity contribution in [3.05, 3.63) is 0 Å².